The third-order valence-corrected chi connectivity index (χ3v) is 3.68. The van der Waals surface area contributed by atoms with E-state index in [9.17, 15) is 4.79 Å². The van der Waals surface area contributed by atoms with Crippen molar-refractivity contribution >= 4 is 23.0 Å². The number of carbonyl (C=O) groups is 1. The zero-order valence-electron chi connectivity index (χ0n) is 13.1. The van der Waals surface area contributed by atoms with Crippen molar-refractivity contribution in [3.8, 4) is 0 Å². The van der Waals surface area contributed by atoms with Gasteiger partial charge in [0.15, 0.2) is 5.76 Å². The molecule has 1 aromatic heterocycles. The minimum absolute atomic E-state index is 0.259. The van der Waals surface area contributed by atoms with Crippen LogP contribution in [0.1, 0.15) is 21.7 Å². The van der Waals surface area contributed by atoms with Crippen LogP contribution < -0.4 is 10.6 Å². The number of hydrogen-bond donors (Lipinski definition) is 2. The van der Waals surface area contributed by atoms with Crippen LogP contribution in [0.15, 0.2) is 65.3 Å². The normalized spacial score (nSPS) is 10.3. The molecule has 1 amide bonds. The maximum atomic E-state index is 11.9. The summed E-state index contributed by atoms with van der Waals surface area (Å²) in [5.41, 5.74) is 5.24. The van der Waals surface area contributed by atoms with Gasteiger partial charge in [0.25, 0.3) is 5.91 Å². The van der Waals surface area contributed by atoms with Crippen molar-refractivity contribution in [2.75, 3.05) is 10.6 Å². The number of benzene rings is 2. The summed E-state index contributed by atoms with van der Waals surface area (Å²) < 4.78 is 5.07. The van der Waals surface area contributed by atoms with E-state index in [0.29, 0.717) is 5.76 Å². The average molecular weight is 306 g/mol. The molecule has 0 atom stereocenters. The quantitative estimate of drug-likeness (QED) is 0.721. The van der Waals surface area contributed by atoms with Crippen LogP contribution in [0.5, 0.6) is 0 Å². The second kappa shape index (κ2) is 6.40. The van der Waals surface area contributed by atoms with Crippen LogP contribution in [0.4, 0.5) is 17.1 Å². The second-order valence-corrected chi connectivity index (χ2v) is 5.43. The molecule has 116 valence electrons. The molecule has 0 saturated carbocycles. The smallest absolute Gasteiger partial charge is 0.291 e. The zero-order valence-corrected chi connectivity index (χ0v) is 13.1. The Labute approximate surface area is 135 Å². The van der Waals surface area contributed by atoms with Gasteiger partial charge in [-0.05, 0) is 73.5 Å². The Bertz CT molecular complexity index is 806. The molecule has 3 aromatic rings. The third kappa shape index (κ3) is 3.61. The van der Waals surface area contributed by atoms with Crippen molar-refractivity contribution in [1.82, 2.24) is 0 Å². The Morgan fingerprint density at radius 3 is 2.22 bits per heavy atom. The Morgan fingerprint density at radius 1 is 0.870 bits per heavy atom. The van der Waals surface area contributed by atoms with Gasteiger partial charge in [0, 0.05) is 17.1 Å². The topological polar surface area (TPSA) is 54.3 Å². The third-order valence-electron chi connectivity index (χ3n) is 3.68. The van der Waals surface area contributed by atoms with Gasteiger partial charge in [-0.2, -0.15) is 0 Å². The maximum absolute atomic E-state index is 11.9. The van der Waals surface area contributed by atoms with Crippen LogP contribution in [0, 0.1) is 13.8 Å². The minimum Gasteiger partial charge on any atom is -0.459 e. The Hall–Kier alpha value is -3.01. The second-order valence-electron chi connectivity index (χ2n) is 5.43. The summed E-state index contributed by atoms with van der Waals surface area (Å²) in [5.74, 6) is 0.0344. The van der Waals surface area contributed by atoms with E-state index in [4.69, 9.17) is 4.42 Å². The van der Waals surface area contributed by atoms with E-state index in [1.807, 2.05) is 24.3 Å². The molecule has 0 unspecified atom stereocenters. The number of amides is 1. The van der Waals surface area contributed by atoms with Crippen molar-refractivity contribution in [1.29, 1.82) is 0 Å². The van der Waals surface area contributed by atoms with Gasteiger partial charge in [0.1, 0.15) is 0 Å². The molecule has 3 rings (SSSR count). The largest absolute Gasteiger partial charge is 0.459 e. The molecule has 0 spiro atoms. The number of rotatable bonds is 4. The van der Waals surface area contributed by atoms with E-state index < -0.39 is 0 Å². The Morgan fingerprint density at radius 2 is 1.57 bits per heavy atom. The van der Waals surface area contributed by atoms with Crippen LogP contribution in [0.2, 0.25) is 0 Å². The fraction of sp³-hybridized carbons (Fsp3) is 0.105. The molecule has 23 heavy (non-hydrogen) atoms. The first-order valence-corrected chi connectivity index (χ1v) is 7.41. The van der Waals surface area contributed by atoms with E-state index in [-0.39, 0.29) is 5.91 Å². The number of carbonyl (C=O) groups excluding carboxylic acids is 1. The molecule has 4 heteroatoms. The first kappa shape index (κ1) is 14.9. The molecule has 0 aliphatic heterocycles. The average Bonchev–Trinajstić information content (AvgIpc) is 3.07. The van der Waals surface area contributed by atoms with Gasteiger partial charge in [-0.1, -0.05) is 6.07 Å². The summed E-state index contributed by atoms with van der Waals surface area (Å²) in [6.07, 6.45) is 1.48. The molecule has 0 saturated heterocycles. The van der Waals surface area contributed by atoms with Gasteiger partial charge < -0.3 is 15.1 Å². The standard InChI is InChI=1S/C19H18N2O2/c1-13-5-6-17(12-14(13)2)20-15-7-9-16(10-8-15)21-19(22)18-4-3-11-23-18/h3-12,20H,1-2H3,(H,21,22). The Kier molecular flexibility index (Phi) is 4.15. The number of hydrogen-bond acceptors (Lipinski definition) is 3. The van der Waals surface area contributed by atoms with Crippen LogP contribution in [-0.2, 0) is 0 Å². The SMILES string of the molecule is Cc1ccc(Nc2ccc(NC(=O)c3ccco3)cc2)cc1C. The van der Waals surface area contributed by atoms with Gasteiger partial charge in [-0.15, -0.1) is 0 Å². The molecular weight excluding hydrogens is 288 g/mol. The molecule has 0 fully saturated rings. The molecular formula is C19H18N2O2. The first-order chi connectivity index (χ1) is 11.1. The monoisotopic (exact) mass is 306 g/mol. The fourth-order valence-electron chi connectivity index (χ4n) is 2.22. The number of anilines is 3. The lowest BCUT2D eigenvalue weighted by Crippen LogP contribution is -2.10. The van der Waals surface area contributed by atoms with Crippen molar-refractivity contribution in [2.24, 2.45) is 0 Å². The molecule has 0 radical (unpaired) electrons. The molecule has 2 N–H and O–H groups in total. The van der Waals surface area contributed by atoms with Crippen LogP contribution >= 0.6 is 0 Å². The summed E-state index contributed by atoms with van der Waals surface area (Å²) >= 11 is 0. The van der Waals surface area contributed by atoms with Crippen LogP contribution in [0.3, 0.4) is 0 Å². The lowest BCUT2D eigenvalue weighted by molar-refractivity contribution is 0.0996. The lowest BCUT2D eigenvalue weighted by atomic mass is 10.1. The number of nitrogens with one attached hydrogen (secondary N) is 2. The fourth-order valence-corrected chi connectivity index (χ4v) is 2.22. The van der Waals surface area contributed by atoms with E-state index in [0.717, 1.165) is 17.1 Å². The van der Waals surface area contributed by atoms with E-state index in [1.165, 1.54) is 17.4 Å². The van der Waals surface area contributed by atoms with Crippen LogP contribution in [-0.4, -0.2) is 5.91 Å². The van der Waals surface area contributed by atoms with Crippen molar-refractivity contribution in [3.63, 3.8) is 0 Å². The van der Waals surface area contributed by atoms with Crippen LogP contribution in [0.25, 0.3) is 0 Å². The van der Waals surface area contributed by atoms with Crippen molar-refractivity contribution in [2.45, 2.75) is 13.8 Å². The predicted molar refractivity (Wildman–Crippen MR) is 92.3 cm³/mol. The lowest BCUT2D eigenvalue weighted by Gasteiger charge is -2.10. The van der Waals surface area contributed by atoms with E-state index in [1.54, 1.807) is 12.1 Å². The highest BCUT2D eigenvalue weighted by Gasteiger charge is 2.08. The molecule has 1 heterocycles. The summed E-state index contributed by atoms with van der Waals surface area (Å²) in [5, 5.41) is 6.14. The molecule has 2 aromatic carbocycles. The van der Waals surface area contributed by atoms with Crippen molar-refractivity contribution < 1.29 is 9.21 Å². The number of aryl methyl sites for hydroxylation is 2. The van der Waals surface area contributed by atoms with Gasteiger partial charge in [-0.3, -0.25) is 4.79 Å². The summed E-state index contributed by atoms with van der Waals surface area (Å²) in [7, 11) is 0. The number of furan rings is 1. The Balaban J connectivity index is 1.67. The molecule has 4 nitrogen and oxygen atoms in total. The van der Waals surface area contributed by atoms with Gasteiger partial charge in [0.2, 0.25) is 0 Å². The highest BCUT2D eigenvalue weighted by molar-refractivity contribution is 6.02. The highest BCUT2D eigenvalue weighted by atomic mass is 16.3. The first-order valence-electron chi connectivity index (χ1n) is 7.41. The minimum atomic E-state index is -0.259. The summed E-state index contributed by atoms with van der Waals surface area (Å²) in [6, 6.07) is 17.1. The summed E-state index contributed by atoms with van der Waals surface area (Å²) in [6.45, 7) is 4.18. The predicted octanol–water partition coefficient (Wildman–Crippen LogP) is 4.89. The summed E-state index contributed by atoms with van der Waals surface area (Å²) in [4.78, 5) is 11.9. The molecule has 0 aliphatic rings. The van der Waals surface area contributed by atoms with E-state index in [2.05, 4.69) is 42.7 Å². The maximum Gasteiger partial charge on any atom is 0.291 e. The molecule has 0 bridgehead atoms. The van der Waals surface area contributed by atoms with E-state index >= 15 is 0 Å². The zero-order chi connectivity index (χ0) is 16.2. The molecule has 0 aliphatic carbocycles. The van der Waals surface area contributed by atoms with Gasteiger partial charge in [0.05, 0.1) is 6.26 Å². The highest BCUT2D eigenvalue weighted by Crippen LogP contribution is 2.21. The van der Waals surface area contributed by atoms with Gasteiger partial charge in [-0.25, -0.2) is 0 Å². The van der Waals surface area contributed by atoms with Crippen molar-refractivity contribution in [3.05, 3.63) is 77.7 Å². The van der Waals surface area contributed by atoms with Gasteiger partial charge >= 0.3 is 0 Å².